The summed E-state index contributed by atoms with van der Waals surface area (Å²) in [6.07, 6.45) is 7.98. The molecule has 5 heteroatoms. The maximum absolute atomic E-state index is 3.08. The van der Waals surface area contributed by atoms with Gasteiger partial charge < -0.3 is 0 Å². The molecule has 0 aromatic heterocycles. The molecule has 4 N–H and O–H groups in total. The van der Waals surface area contributed by atoms with Gasteiger partial charge in [-0.15, -0.1) is 0 Å². The monoisotopic (exact) mass is 224 g/mol. The van der Waals surface area contributed by atoms with Crippen LogP contribution < -0.4 is 21.9 Å². The standard InChI is InChI=1S/C8H20N4.Cr/c1-2-4-6-8-10-12-11-9-7-5-3-1;/h9-12H,1-8H2;. The molecule has 0 saturated carbocycles. The van der Waals surface area contributed by atoms with Crippen LogP contribution in [0.15, 0.2) is 0 Å². The summed E-state index contributed by atoms with van der Waals surface area (Å²) in [7, 11) is 0. The topological polar surface area (TPSA) is 48.1 Å². The quantitative estimate of drug-likeness (QED) is 0.482. The smallest absolute Gasteiger partial charge is 0.0113 e. The Kier molecular flexibility index (Phi) is 10.8. The van der Waals surface area contributed by atoms with Crippen molar-refractivity contribution in [3.05, 3.63) is 0 Å². The third-order valence-electron chi connectivity index (χ3n) is 2.09. The molecule has 0 unspecified atom stereocenters. The second-order valence-electron chi connectivity index (χ2n) is 3.22. The first-order valence-electron chi connectivity index (χ1n) is 4.96. The van der Waals surface area contributed by atoms with Crippen molar-refractivity contribution in [3.63, 3.8) is 0 Å². The Morgan fingerprint density at radius 1 is 0.538 bits per heavy atom. The van der Waals surface area contributed by atoms with Crippen LogP contribution in [0.4, 0.5) is 0 Å². The Bertz CT molecular complexity index is 59.1. The van der Waals surface area contributed by atoms with E-state index in [1.165, 1.54) is 38.5 Å². The first-order valence-corrected chi connectivity index (χ1v) is 4.96. The number of hydrazine groups is 3. The minimum absolute atomic E-state index is 0. The van der Waals surface area contributed by atoms with Crippen LogP contribution >= 0.6 is 0 Å². The third kappa shape index (κ3) is 8.70. The molecule has 1 aliphatic rings. The summed E-state index contributed by atoms with van der Waals surface area (Å²) in [5.74, 6) is 0. The molecule has 78 valence electrons. The Morgan fingerprint density at radius 3 is 1.38 bits per heavy atom. The predicted octanol–water partition coefficient (Wildman–Crippen LogP) is 0.442. The van der Waals surface area contributed by atoms with Crippen molar-refractivity contribution in [1.82, 2.24) is 21.9 Å². The fourth-order valence-electron chi connectivity index (χ4n) is 1.35. The molecule has 4 nitrogen and oxygen atoms in total. The van der Waals surface area contributed by atoms with Crippen molar-refractivity contribution in [2.75, 3.05) is 13.1 Å². The molecule has 0 aromatic carbocycles. The number of nitrogens with one attached hydrogen (secondary N) is 4. The SMILES string of the molecule is C1CCCCNNNNCCC1.[Cr]. The van der Waals surface area contributed by atoms with Crippen LogP contribution in [0.3, 0.4) is 0 Å². The average molecular weight is 224 g/mol. The zero-order chi connectivity index (χ0) is 8.49. The fourth-order valence-corrected chi connectivity index (χ4v) is 1.35. The molecule has 0 aliphatic carbocycles. The Labute approximate surface area is 91.3 Å². The molecular weight excluding hydrogens is 204 g/mol. The Morgan fingerprint density at radius 2 is 0.923 bits per heavy atom. The molecule has 0 atom stereocenters. The van der Waals surface area contributed by atoms with Gasteiger partial charge in [0.25, 0.3) is 0 Å². The van der Waals surface area contributed by atoms with E-state index < -0.39 is 0 Å². The summed E-state index contributed by atoms with van der Waals surface area (Å²) in [4.78, 5) is 0. The van der Waals surface area contributed by atoms with E-state index in [2.05, 4.69) is 21.9 Å². The van der Waals surface area contributed by atoms with E-state index in [0.717, 1.165) is 13.1 Å². The van der Waals surface area contributed by atoms with Crippen LogP contribution in [0.1, 0.15) is 38.5 Å². The molecule has 0 aromatic rings. The Hall–Kier alpha value is 0.372. The molecule has 0 bridgehead atoms. The molecule has 1 heterocycles. The van der Waals surface area contributed by atoms with Gasteiger partial charge in [0.1, 0.15) is 0 Å². The van der Waals surface area contributed by atoms with Crippen molar-refractivity contribution >= 4 is 0 Å². The van der Waals surface area contributed by atoms with Crippen LogP contribution in [0, 0.1) is 0 Å². The van der Waals surface area contributed by atoms with E-state index in [-0.39, 0.29) is 17.4 Å². The average Bonchev–Trinajstić information content (AvgIpc) is 2.05. The molecule has 0 spiro atoms. The van der Waals surface area contributed by atoms with E-state index in [0.29, 0.717) is 0 Å². The van der Waals surface area contributed by atoms with Crippen LogP contribution in [-0.2, 0) is 17.4 Å². The largest absolute Gasteiger partial charge is 0.243 e. The summed E-state index contributed by atoms with van der Waals surface area (Å²) in [5.41, 5.74) is 11.9. The van der Waals surface area contributed by atoms with E-state index in [1.807, 2.05) is 0 Å². The van der Waals surface area contributed by atoms with E-state index in [1.54, 1.807) is 0 Å². The molecule has 1 rings (SSSR count). The van der Waals surface area contributed by atoms with Gasteiger partial charge in [0.15, 0.2) is 0 Å². The maximum Gasteiger partial charge on any atom is 0.0113 e. The van der Waals surface area contributed by atoms with Gasteiger partial charge in [-0.1, -0.05) is 25.7 Å². The van der Waals surface area contributed by atoms with Gasteiger partial charge in [0, 0.05) is 30.5 Å². The number of hydrogen-bond acceptors (Lipinski definition) is 4. The van der Waals surface area contributed by atoms with Crippen LogP contribution in [0.2, 0.25) is 0 Å². The van der Waals surface area contributed by atoms with Crippen LogP contribution in [0.25, 0.3) is 0 Å². The molecule has 0 amide bonds. The first kappa shape index (κ1) is 13.4. The van der Waals surface area contributed by atoms with Gasteiger partial charge in [-0.3, -0.25) is 0 Å². The molecular formula is C8H20CrN4. The second kappa shape index (κ2) is 10.5. The molecule has 1 saturated heterocycles. The van der Waals surface area contributed by atoms with Crippen molar-refractivity contribution in [2.45, 2.75) is 38.5 Å². The second-order valence-corrected chi connectivity index (χ2v) is 3.22. The minimum Gasteiger partial charge on any atom is -0.243 e. The van der Waals surface area contributed by atoms with Crippen molar-refractivity contribution in [3.8, 4) is 0 Å². The molecule has 13 heavy (non-hydrogen) atoms. The minimum atomic E-state index is 0. The summed E-state index contributed by atoms with van der Waals surface area (Å²) in [6.45, 7) is 2.07. The summed E-state index contributed by atoms with van der Waals surface area (Å²) in [6, 6.07) is 0. The number of hydrogen-bond donors (Lipinski definition) is 4. The van der Waals surface area contributed by atoms with Gasteiger partial charge in [0.05, 0.1) is 0 Å². The zero-order valence-corrected chi connectivity index (χ0v) is 9.34. The van der Waals surface area contributed by atoms with Gasteiger partial charge in [-0.05, 0) is 12.8 Å². The van der Waals surface area contributed by atoms with Crippen LogP contribution in [-0.4, -0.2) is 13.1 Å². The first-order chi connectivity index (χ1) is 6.00. The van der Waals surface area contributed by atoms with Crippen molar-refractivity contribution < 1.29 is 17.4 Å². The molecule has 1 aliphatic heterocycles. The van der Waals surface area contributed by atoms with Gasteiger partial charge >= 0.3 is 0 Å². The number of rotatable bonds is 0. The van der Waals surface area contributed by atoms with Gasteiger partial charge in [0.2, 0.25) is 0 Å². The van der Waals surface area contributed by atoms with Crippen LogP contribution in [0.5, 0.6) is 0 Å². The van der Waals surface area contributed by atoms with E-state index >= 15 is 0 Å². The maximum atomic E-state index is 3.08. The van der Waals surface area contributed by atoms with E-state index in [4.69, 9.17) is 0 Å². The summed E-state index contributed by atoms with van der Waals surface area (Å²) >= 11 is 0. The molecule has 1 fully saturated rings. The third-order valence-corrected chi connectivity index (χ3v) is 2.09. The summed E-state index contributed by atoms with van der Waals surface area (Å²) < 4.78 is 0. The van der Waals surface area contributed by atoms with Crippen molar-refractivity contribution in [1.29, 1.82) is 0 Å². The fraction of sp³-hybridized carbons (Fsp3) is 1.00. The Balaban J connectivity index is 0.00000144. The van der Waals surface area contributed by atoms with Gasteiger partial charge in [-0.25, -0.2) is 10.9 Å². The van der Waals surface area contributed by atoms with E-state index in [9.17, 15) is 0 Å². The zero-order valence-electron chi connectivity index (χ0n) is 8.07. The summed E-state index contributed by atoms with van der Waals surface area (Å²) in [5, 5.41) is 0. The normalized spacial score (nSPS) is 22.2. The molecule has 0 radical (unpaired) electrons. The van der Waals surface area contributed by atoms with Gasteiger partial charge in [-0.2, -0.15) is 11.1 Å². The predicted molar refractivity (Wildman–Crippen MR) is 50.0 cm³/mol. The van der Waals surface area contributed by atoms with Crippen molar-refractivity contribution in [2.24, 2.45) is 0 Å².